The molecule has 15 heavy (non-hydrogen) atoms. The zero-order chi connectivity index (χ0) is 12.3. The highest BCUT2D eigenvalue weighted by atomic mass is 19.4. The van der Waals surface area contributed by atoms with E-state index in [-0.39, 0.29) is 6.42 Å². The minimum absolute atomic E-state index is 0.191. The molecule has 1 atom stereocenters. The minimum atomic E-state index is -4.41. The van der Waals surface area contributed by atoms with Crippen molar-refractivity contribution >= 4 is 6.02 Å². The van der Waals surface area contributed by atoms with Gasteiger partial charge in [-0.2, -0.15) is 13.2 Å². The van der Waals surface area contributed by atoms with Crippen molar-refractivity contribution in [2.24, 2.45) is 10.7 Å². The SMILES string of the molecule is CCC(OC(N)=NC(C)(C)C)C(F)(F)F. The maximum absolute atomic E-state index is 12.3. The highest BCUT2D eigenvalue weighted by molar-refractivity contribution is 5.72. The number of ether oxygens (including phenoxy) is 1. The molecular weight excluding hydrogens is 209 g/mol. The topological polar surface area (TPSA) is 47.6 Å². The molecule has 90 valence electrons. The number of aliphatic imine (C=N–C) groups is 1. The quantitative estimate of drug-likeness (QED) is 0.580. The second kappa shape index (κ2) is 4.72. The van der Waals surface area contributed by atoms with Gasteiger partial charge in [0.15, 0.2) is 6.10 Å². The van der Waals surface area contributed by atoms with Gasteiger partial charge < -0.3 is 10.5 Å². The van der Waals surface area contributed by atoms with Crippen molar-refractivity contribution in [1.82, 2.24) is 0 Å². The van der Waals surface area contributed by atoms with Crippen LogP contribution in [0.3, 0.4) is 0 Å². The van der Waals surface area contributed by atoms with Crippen molar-refractivity contribution in [3.63, 3.8) is 0 Å². The Labute approximate surface area is 87.5 Å². The molecule has 0 amide bonds. The molecule has 0 rings (SSSR count). The van der Waals surface area contributed by atoms with Gasteiger partial charge in [0.05, 0.1) is 5.54 Å². The van der Waals surface area contributed by atoms with E-state index in [2.05, 4.69) is 9.73 Å². The number of halogens is 3. The smallest absolute Gasteiger partial charge is 0.425 e. The maximum Gasteiger partial charge on any atom is 0.425 e. The van der Waals surface area contributed by atoms with Crippen LogP contribution in [0.2, 0.25) is 0 Å². The summed E-state index contributed by atoms with van der Waals surface area (Å²) in [5.41, 5.74) is 4.71. The average molecular weight is 226 g/mol. The Morgan fingerprint density at radius 3 is 2.07 bits per heavy atom. The molecule has 0 fully saturated rings. The third-order valence-electron chi connectivity index (χ3n) is 1.44. The van der Waals surface area contributed by atoms with E-state index >= 15 is 0 Å². The first kappa shape index (κ1) is 14.1. The van der Waals surface area contributed by atoms with E-state index in [0.717, 1.165) is 0 Å². The maximum atomic E-state index is 12.3. The van der Waals surface area contributed by atoms with E-state index in [1.54, 1.807) is 20.8 Å². The normalized spacial score (nSPS) is 16.3. The molecule has 2 N–H and O–H groups in total. The Bertz CT molecular complexity index is 230. The number of rotatable bonds is 2. The zero-order valence-corrected chi connectivity index (χ0v) is 9.35. The van der Waals surface area contributed by atoms with E-state index in [4.69, 9.17) is 5.73 Å². The summed E-state index contributed by atoms with van der Waals surface area (Å²) >= 11 is 0. The second-order valence-corrected chi connectivity index (χ2v) is 4.18. The van der Waals surface area contributed by atoms with Gasteiger partial charge in [-0.15, -0.1) is 0 Å². The molecule has 0 aromatic rings. The number of amidine groups is 1. The van der Waals surface area contributed by atoms with Crippen molar-refractivity contribution < 1.29 is 17.9 Å². The highest BCUT2D eigenvalue weighted by Gasteiger charge is 2.40. The number of alkyl halides is 3. The van der Waals surface area contributed by atoms with Gasteiger partial charge in [-0.1, -0.05) is 6.92 Å². The molecule has 0 radical (unpaired) electrons. The number of nitrogens with two attached hydrogens (primary N) is 1. The third-order valence-corrected chi connectivity index (χ3v) is 1.44. The monoisotopic (exact) mass is 226 g/mol. The lowest BCUT2D eigenvalue weighted by atomic mass is 10.1. The Morgan fingerprint density at radius 2 is 1.80 bits per heavy atom. The van der Waals surface area contributed by atoms with E-state index in [0.29, 0.717) is 0 Å². The molecule has 0 heterocycles. The molecule has 0 aliphatic carbocycles. The molecule has 1 unspecified atom stereocenters. The van der Waals surface area contributed by atoms with E-state index in [9.17, 15) is 13.2 Å². The van der Waals surface area contributed by atoms with Gasteiger partial charge in [0, 0.05) is 0 Å². The third kappa shape index (κ3) is 6.19. The molecule has 3 nitrogen and oxygen atoms in total. The zero-order valence-electron chi connectivity index (χ0n) is 9.35. The Balaban J connectivity index is 4.52. The van der Waals surface area contributed by atoms with Crippen molar-refractivity contribution in [1.29, 1.82) is 0 Å². The fourth-order valence-corrected chi connectivity index (χ4v) is 0.884. The van der Waals surface area contributed by atoms with Gasteiger partial charge in [-0.05, 0) is 27.2 Å². The van der Waals surface area contributed by atoms with Gasteiger partial charge in [-0.3, -0.25) is 0 Å². The van der Waals surface area contributed by atoms with Crippen LogP contribution in [0.5, 0.6) is 0 Å². The van der Waals surface area contributed by atoms with Crippen LogP contribution in [0, 0.1) is 0 Å². The first-order chi connectivity index (χ1) is 6.56. The largest absolute Gasteiger partial charge is 0.452 e. The van der Waals surface area contributed by atoms with E-state index in [1.807, 2.05) is 0 Å². The van der Waals surface area contributed by atoms with Crippen molar-refractivity contribution in [3.8, 4) is 0 Å². The summed E-state index contributed by atoms with van der Waals surface area (Å²) in [5, 5.41) is 0. The van der Waals surface area contributed by atoms with Gasteiger partial charge in [0.1, 0.15) is 0 Å². The highest BCUT2D eigenvalue weighted by Crippen LogP contribution is 2.25. The van der Waals surface area contributed by atoms with Crippen LogP contribution < -0.4 is 5.73 Å². The number of nitrogens with zero attached hydrogens (tertiary/aromatic N) is 1. The Kier molecular flexibility index (Phi) is 4.42. The summed E-state index contributed by atoms with van der Waals surface area (Å²) in [4.78, 5) is 3.78. The van der Waals surface area contributed by atoms with Gasteiger partial charge in [-0.25, -0.2) is 4.99 Å². The molecule has 0 bridgehead atoms. The molecule has 0 aromatic carbocycles. The van der Waals surface area contributed by atoms with Crippen LogP contribution in [-0.2, 0) is 4.74 Å². The fraction of sp³-hybridized carbons (Fsp3) is 0.889. The fourth-order valence-electron chi connectivity index (χ4n) is 0.884. The molecule has 0 aromatic heterocycles. The molecule has 0 aliphatic rings. The number of hydrogen-bond donors (Lipinski definition) is 1. The van der Waals surface area contributed by atoms with Crippen molar-refractivity contribution in [2.45, 2.75) is 51.9 Å². The van der Waals surface area contributed by atoms with Crippen LogP contribution >= 0.6 is 0 Å². The summed E-state index contributed by atoms with van der Waals surface area (Å²) in [6, 6.07) is -0.424. The second-order valence-electron chi connectivity index (χ2n) is 4.18. The minimum Gasteiger partial charge on any atom is -0.452 e. The van der Waals surface area contributed by atoms with Crippen molar-refractivity contribution in [2.75, 3.05) is 0 Å². The molecule has 0 spiro atoms. The van der Waals surface area contributed by atoms with Crippen LogP contribution in [0.4, 0.5) is 13.2 Å². The van der Waals surface area contributed by atoms with Crippen LogP contribution in [0.1, 0.15) is 34.1 Å². The van der Waals surface area contributed by atoms with Gasteiger partial charge in [0.2, 0.25) is 0 Å². The van der Waals surface area contributed by atoms with Crippen LogP contribution in [0.25, 0.3) is 0 Å². The summed E-state index contributed by atoms with van der Waals surface area (Å²) < 4.78 is 41.4. The lowest BCUT2D eigenvalue weighted by Crippen LogP contribution is -2.36. The molecule has 6 heteroatoms. The molecule has 0 aliphatic heterocycles. The first-order valence-electron chi connectivity index (χ1n) is 4.65. The van der Waals surface area contributed by atoms with Crippen LogP contribution in [0.15, 0.2) is 4.99 Å². The predicted octanol–water partition coefficient (Wildman–Crippen LogP) is 2.46. The van der Waals surface area contributed by atoms with Gasteiger partial charge >= 0.3 is 6.18 Å². The molecule has 0 saturated carbocycles. The average Bonchev–Trinajstić information content (AvgIpc) is 1.94. The summed E-state index contributed by atoms with van der Waals surface area (Å²) in [5.74, 6) is 0. The van der Waals surface area contributed by atoms with Crippen LogP contribution in [-0.4, -0.2) is 23.8 Å². The predicted molar refractivity (Wildman–Crippen MR) is 52.6 cm³/mol. The van der Waals surface area contributed by atoms with E-state index in [1.165, 1.54) is 6.92 Å². The molecular formula is C9H17F3N2O. The summed E-state index contributed by atoms with van der Waals surface area (Å²) in [6.07, 6.45) is -6.49. The first-order valence-corrected chi connectivity index (χ1v) is 4.65. The summed E-state index contributed by atoms with van der Waals surface area (Å²) in [6.45, 7) is 6.54. The van der Waals surface area contributed by atoms with Crippen molar-refractivity contribution in [3.05, 3.63) is 0 Å². The number of hydrogen-bond acceptors (Lipinski definition) is 2. The summed E-state index contributed by atoms with van der Waals surface area (Å²) in [7, 11) is 0. The Hall–Kier alpha value is -0.940. The standard InChI is InChI=1S/C9H17F3N2O/c1-5-6(9(10,11)12)15-7(13)14-8(2,3)4/h6H,5H2,1-4H3,(H2,13,14). The lowest BCUT2D eigenvalue weighted by molar-refractivity contribution is -0.199. The Morgan fingerprint density at radius 1 is 1.33 bits per heavy atom. The van der Waals surface area contributed by atoms with Gasteiger partial charge in [0.25, 0.3) is 6.02 Å². The lowest BCUT2D eigenvalue weighted by Gasteiger charge is -2.21. The molecule has 0 saturated heterocycles. The van der Waals surface area contributed by atoms with E-state index < -0.39 is 23.8 Å².